The van der Waals surface area contributed by atoms with Crippen molar-refractivity contribution in [2.75, 3.05) is 21.3 Å². The summed E-state index contributed by atoms with van der Waals surface area (Å²) in [5.74, 6) is 0. The molecule has 0 N–H and O–H groups in total. The molecule has 0 aliphatic heterocycles. The molecule has 270 valence electrons. The van der Waals surface area contributed by atoms with Crippen LogP contribution in [0.3, 0.4) is 0 Å². The number of benzene rings is 4. The number of hydrogen-bond donors (Lipinski definition) is 0. The molecule has 0 bridgehead atoms. The summed E-state index contributed by atoms with van der Waals surface area (Å²) in [5, 5.41) is 4.03. The Morgan fingerprint density at radius 1 is 0.460 bits per heavy atom. The zero-order valence-electron chi connectivity index (χ0n) is 31.0. The van der Waals surface area contributed by atoms with E-state index in [0.29, 0.717) is 6.04 Å². The van der Waals surface area contributed by atoms with Crippen LogP contribution >= 0.6 is 0 Å². The molecule has 0 heterocycles. The number of hydrogen-bond acceptors (Lipinski definition) is 8. The fourth-order valence-corrected chi connectivity index (χ4v) is 32.9. The first-order valence-electron chi connectivity index (χ1n) is 17.2. The quantitative estimate of drug-likeness (QED) is 0.122. The first kappa shape index (κ1) is 40.8. The Bertz CT molecular complexity index is 1470. The maximum atomic E-state index is 8.07. The van der Waals surface area contributed by atoms with Crippen molar-refractivity contribution in [1.82, 2.24) is 0 Å². The highest BCUT2D eigenvalue weighted by atomic mass is 28.5. The van der Waals surface area contributed by atoms with Crippen molar-refractivity contribution < 1.29 is 33.9 Å². The minimum absolute atomic E-state index is 0.625. The second kappa shape index (κ2) is 18.7. The molecule has 0 spiro atoms. The highest BCUT2D eigenvalue weighted by Crippen LogP contribution is 2.29. The van der Waals surface area contributed by atoms with Crippen molar-refractivity contribution in [1.29, 1.82) is 0 Å². The van der Waals surface area contributed by atoms with E-state index >= 15 is 0 Å². The lowest BCUT2D eigenvalue weighted by atomic mass is 10.4. The second-order valence-electron chi connectivity index (χ2n) is 13.0. The van der Waals surface area contributed by atoms with Gasteiger partial charge in [0.2, 0.25) is 0 Å². The number of rotatable bonds is 20. The van der Waals surface area contributed by atoms with E-state index in [0.717, 1.165) is 26.8 Å². The molecule has 8 nitrogen and oxygen atoms in total. The van der Waals surface area contributed by atoms with Gasteiger partial charge in [0.15, 0.2) is 17.4 Å². The van der Waals surface area contributed by atoms with Crippen LogP contribution in [0.1, 0.15) is 0 Å². The zero-order chi connectivity index (χ0) is 36.3. The van der Waals surface area contributed by atoms with E-state index in [2.05, 4.69) is 136 Å². The summed E-state index contributed by atoms with van der Waals surface area (Å²) >= 11 is 0. The Hall–Kier alpha value is -1.92. The molecule has 4 rings (SSSR count). The molecule has 2 atom stereocenters. The third kappa shape index (κ3) is 10.4. The van der Waals surface area contributed by atoms with Crippen LogP contribution in [0, 0.1) is 0 Å². The standard InChI is InChI=1S/C35H54O8Si7/c1-36-48(37-2,38-3)31-30-47(8,9)42-50(34-26-18-12-19-27-34,35-28-20-13-21-29-35)43-49(32-22-14-10-15-23-32,33-24-16-11-17-25-33)41-46(7)40-45(6)39-44(4)5/h10-29,44-46H,30-31H2,1-9H3. The van der Waals surface area contributed by atoms with E-state index in [1.165, 1.54) is 0 Å². The Balaban J connectivity index is 1.98. The Kier molecular flexibility index (Phi) is 15.3. The summed E-state index contributed by atoms with van der Waals surface area (Å²) in [6.45, 7) is 13.1. The lowest BCUT2D eigenvalue weighted by Gasteiger charge is -2.45. The molecule has 0 amide bonds. The lowest BCUT2D eigenvalue weighted by molar-refractivity contribution is 0.125. The molecule has 2 unspecified atom stereocenters. The van der Waals surface area contributed by atoms with E-state index in [4.69, 9.17) is 33.9 Å². The van der Waals surface area contributed by atoms with Gasteiger partial charge >= 0.3 is 35.2 Å². The fraction of sp³-hybridized carbons (Fsp3) is 0.314. The van der Waals surface area contributed by atoms with Crippen LogP contribution in [0.5, 0.6) is 0 Å². The SMILES string of the molecule is CO[Si](CC[Si](C)(C)O[Si](O[Si](O[SiH](C)O[SiH](C)O[SiH](C)C)(c1ccccc1)c1ccccc1)(c1ccccc1)c1ccccc1)(OC)OC. The average Bonchev–Trinajstić information content (AvgIpc) is 3.13. The first-order chi connectivity index (χ1) is 23.9. The van der Waals surface area contributed by atoms with Crippen molar-refractivity contribution in [3.63, 3.8) is 0 Å². The zero-order valence-corrected chi connectivity index (χ0v) is 38.4. The maximum absolute atomic E-state index is 8.07. The third-order valence-electron chi connectivity index (χ3n) is 8.47. The molecule has 0 aliphatic carbocycles. The van der Waals surface area contributed by atoms with Gasteiger partial charge in [0, 0.05) is 27.4 Å². The summed E-state index contributed by atoms with van der Waals surface area (Å²) in [5.41, 5.74) is 0. The molecule has 15 heteroatoms. The summed E-state index contributed by atoms with van der Waals surface area (Å²) < 4.78 is 53.8. The van der Waals surface area contributed by atoms with Crippen LogP contribution < -0.4 is 20.7 Å². The minimum Gasteiger partial charge on any atom is -0.442 e. The van der Waals surface area contributed by atoms with Gasteiger partial charge in [-0.05, 0) is 66.1 Å². The second-order valence-corrected chi connectivity index (χ2v) is 34.0. The summed E-state index contributed by atoms with van der Waals surface area (Å²) in [4.78, 5) is 0. The van der Waals surface area contributed by atoms with Gasteiger partial charge in [-0.15, -0.1) is 0 Å². The van der Waals surface area contributed by atoms with Crippen molar-refractivity contribution >= 4 is 82.6 Å². The summed E-state index contributed by atoms with van der Waals surface area (Å²) in [6, 6.07) is 43.1. The van der Waals surface area contributed by atoms with E-state index in [-0.39, 0.29) is 0 Å². The molecule has 0 radical (unpaired) electrons. The molecular formula is C35H54O8Si7. The Morgan fingerprint density at radius 2 is 0.840 bits per heavy atom. The Morgan fingerprint density at radius 3 is 1.20 bits per heavy atom. The van der Waals surface area contributed by atoms with E-state index < -0.39 is 61.9 Å². The smallest absolute Gasteiger partial charge is 0.442 e. The first-order valence-corrected chi connectivity index (χ1v) is 32.9. The van der Waals surface area contributed by atoms with E-state index in [1.54, 1.807) is 21.3 Å². The van der Waals surface area contributed by atoms with Crippen LogP contribution in [-0.4, -0.2) is 83.2 Å². The minimum atomic E-state index is -3.60. The average molecular weight is 799 g/mol. The van der Waals surface area contributed by atoms with Crippen molar-refractivity contribution in [2.45, 2.75) is 51.4 Å². The molecule has 0 saturated carbocycles. The summed E-state index contributed by atoms with van der Waals surface area (Å²) in [6.07, 6.45) is 0. The maximum Gasteiger partial charge on any atom is 0.499 e. The van der Waals surface area contributed by atoms with Crippen LogP contribution in [0.15, 0.2) is 121 Å². The molecule has 4 aromatic carbocycles. The monoisotopic (exact) mass is 798 g/mol. The van der Waals surface area contributed by atoms with Crippen LogP contribution in [0.25, 0.3) is 0 Å². The Labute approximate surface area is 309 Å². The summed E-state index contributed by atoms with van der Waals surface area (Å²) in [7, 11) is -13.2. The van der Waals surface area contributed by atoms with Crippen LogP contribution in [-0.2, 0) is 33.9 Å². The van der Waals surface area contributed by atoms with E-state index in [1.807, 2.05) is 24.3 Å². The topological polar surface area (TPSA) is 73.8 Å². The molecule has 0 aromatic heterocycles. The predicted octanol–water partition coefficient (Wildman–Crippen LogP) is 4.35. The molecule has 0 fully saturated rings. The van der Waals surface area contributed by atoms with E-state index in [9.17, 15) is 0 Å². The van der Waals surface area contributed by atoms with Crippen LogP contribution in [0.4, 0.5) is 0 Å². The lowest BCUT2D eigenvalue weighted by Crippen LogP contribution is -2.77. The molecule has 50 heavy (non-hydrogen) atoms. The van der Waals surface area contributed by atoms with Crippen molar-refractivity contribution in [2.24, 2.45) is 0 Å². The van der Waals surface area contributed by atoms with Gasteiger partial charge in [-0.3, -0.25) is 0 Å². The molecule has 0 saturated heterocycles. The molecule has 0 aliphatic rings. The van der Waals surface area contributed by atoms with Crippen molar-refractivity contribution in [3.05, 3.63) is 121 Å². The fourth-order valence-electron chi connectivity index (χ4n) is 6.10. The highest BCUT2D eigenvalue weighted by molar-refractivity contribution is 7.07. The van der Waals surface area contributed by atoms with Gasteiger partial charge in [0.1, 0.15) is 0 Å². The molecular weight excluding hydrogens is 745 g/mol. The van der Waals surface area contributed by atoms with Gasteiger partial charge < -0.3 is 33.9 Å². The van der Waals surface area contributed by atoms with Gasteiger partial charge in [-0.2, -0.15) is 0 Å². The van der Waals surface area contributed by atoms with Crippen LogP contribution in [0.2, 0.25) is 51.4 Å². The normalized spacial score (nSPS) is 14.1. The predicted molar refractivity (Wildman–Crippen MR) is 220 cm³/mol. The third-order valence-corrected chi connectivity index (χ3v) is 32.6. The van der Waals surface area contributed by atoms with Crippen molar-refractivity contribution in [3.8, 4) is 0 Å². The van der Waals surface area contributed by atoms with Gasteiger partial charge in [0.25, 0.3) is 9.28 Å². The highest BCUT2D eigenvalue weighted by Gasteiger charge is 2.57. The largest absolute Gasteiger partial charge is 0.499 e. The van der Waals surface area contributed by atoms with Gasteiger partial charge in [-0.1, -0.05) is 121 Å². The van der Waals surface area contributed by atoms with Gasteiger partial charge in [0.05, 0.1) is 0 Å². The molecule has 4 aromatic rings. The van der Waals surface area contributed by atoms with Gasteiger partial charge in [-0.25, -0.2) is 0 Å².